The summed E-state index contributed by atoms with van der Waals surface area (Å²) < 4.78 is 4.88. The Kier molecular flexibility index (Phi) is 3.88. The number of hydrogen-bond acceptors (Lipinski definition) is 6. The fraction of sp³-hybridized carbons (Fsp3) is 0.250. The van der Waals surface area contributed by atoms with E-state index in [0.717, 1.165) is 11.3 Å². The first kappa shape index (κ1) is 12.5. The van der Waals surface area contributed by atoms with Gasteiger partial charge in [0, 0.05) is 11.6 Å². The molecule has 0 unspecified atom stereocenters. The van der Waals surface area contributed by atoms with Crippen molar-refractivity contribution >= 4 is 28.1 Å². The van der Waals surface area contributed by atoms with E-state index in [1.54, 1.807) is 24.7 Å². The van der Waals surface area contributed by atoms with Gasteiger partial charge in [-0.25, -0.2) is 9.78 Å². The number of nitrogens with zero attached hydrogens (tertiary/aromatic N) is 2. The van der Waals surface area contributed by atoms with Gasteiger partial charge in [-0.2, -0.15) is 0 Å². The van der Waals surface area contributed by atoms with Gasteiger partial charge in [-0.05, 0) is 25.5 Å². The lowest BCUT2D eigenvalue weighted by atomic mass is 10.3. The standard InChI is InChI=1S/C12H13N3O2S/c1-3-17-11(16)10-7-18-12(15-10)14-9-4-8(2)5-13-6-9/h4-7H,3H2,1-2H3,(H,14,15). The minimum absolute atomic E-state index is 0.324. The molecular weight excluding hydrogens is 250 g/mol. The molecule has 0 fully saturated rings. The number of nitrogens with one attached hydrogen (secondary N) is 1. The number of aryl methyl sites for hydroxylation is 1. The van der Waals surface area contributed by atoms with E-state index in [9.17, 15) is 4.79 Å². The second kappa shape index (κ2) is 5.59. The summed E-state index contributed by atoms with van der Waals surface area (Å²) in [5.41, 5.74) is 2.23. The Hall–Kier alpha value is -1.95. The molecule has 2 heterocycles. The van der Waals surface area contributed by atoms with Crippen molar-refractivity contribution in [1.82, 2.24) is 9.97 Å². The van der Waals surface area contributed by atoms with Crippen molar-refractivity contribution in [2.75, 3.05) is 11.9 Å². The first-order chi connectivity index (χ1) is 8.69. The molecule has 0 amide bonds. The van der Waals surface area contributed by atoms with E-state index in [4.69, 9.17) is 4.74 Å². The van der Waals surface area contributed by atoms with E-state index < -0.39 is 5.97 Å². The maximum atomic E-state index is 11.4. The maximum absolute atomic E-state index is 11.4. The summed E-state index contributed by atoms with van der Waals surface area (Å²) in [7, 11) is 0. The van der Waals surface area contributed by atoms with E-state index in [1.807, 2.05) is 13.0 Å². The average Bonchev–Trinajstić information content (AvgIpc) is 2.78. The Morgan fingerprint density at radius 3 is 3.06 bits per heavy atom. The van der Waals surface area contributed by atoms with Crippen LogP contribution in [0.15, 0.2) is 23.8 Å². The lowest BCUT2D eigenvalue weighted by Gasteiger charge is -2.02. The van der Waals surface area contributed by atoms with Crippen LogP contribution in [0.1, 0.15) is 23.0 Å². The minimum Gasteiger partial charge on any atom is -0.461 e. The number of carbonyl (C=O) groups is 1. The Morgan fingerprint density at radius 2 is 2.33 bits per heavy atom. The lowest BCUT2D eigenvalue weighted by Crippen LogP contribution is -2.05. The quantitative estimate of drug-likeness (QED) is 0.859. The highest BCUT2D eigenvalue weighted by Gasteiger charge is 2.11. The third-order valence-corrected chi connectivity index (χ3v) is 2.87. The average molecular weight is 263 g/mol. The number of hydrogen-bond donors (Lipinski definition) is 1. The summed E-state index contributed by atoms with van der Waals surface area (Å²) in [5.74, 6) is -0.399. The first-order valence-corrected chi connectivity index (χ1v) is 6.38. The summed E-state index contributed by atoms with van der Waals surface area (Å²) in [5, 5.41) is 5.41. The normalized spacial score (nSPS) is 10.1. The van der Waals surface area contributed by atoms with Gasteiger partial charge in [-0.15, -0.1) is 11.3 Å². The predicted octanol–water partition coefficient (Wildman–Crippen LogP) is 2.77. The molecule has 1 N–H and O–H groups in total. The van der Waals surface area contributed by atoms with Crippen molar-refractivity contribution in [2.45, 2.75) is 13.8 Å². The largest absolute Gasteiger partial charge is 0.461 e. The number of rotatable bonds is 4. The minimum atomic E-state index is -0.399. The van der Waals surface area contributed by atoms with Gasteiger partial charge in [-0.3, -0.25) is 4.98 Å². The second-order valence-corrected chi connectivity index (χ2v) is 4.49. The summed E-state index contributed by atoms with van der Waals surface area (Å²) in [6, 6.07) is 1.96. The molecule has 2 aromatic heterocycles. The number of pyridine rings is 1. The van der Waals surface area contributed by atoms with Gasteiger partial charge in [0.05, 0.1) is 18.5 Å². The summed E-state index contributed by atoms with van der Waals surface area (Å²) in [4.78, 5) is 19.7. The molecule has 0 aliphatic heterocycles. The van der Waals surface area contributed by atoms with Crippen molar-refractivity contribution in [2.24, 2.45) is 0 Å². The monoisotopic (exact) mass is 263 g/mol. The molecular formula is C12H13N3O2S. The van der Waals surface area contributed by atoms with Gasteiger partial charge in [0.1, 0.15) is 0 Å². The van der Waals surface area contributed by atoms with Crippen LogP contribution in [0.3, 0.4) is 0 Å². The molecule has 0 spiro atoms. The van der Waals surface area contributed by atoms with E-state index in [2.05, 4.69) is 15.3 Å². The molecule has 6 heteroatoms. The molecule has 0 aliphatic rings. The number of anilines is 2. The molecule has 0 atom stereocenters. The lowest BCUT2D eigenvalue weighted by molar-refractivity contribution is 0.0520. The molecule has 0 radical (unpaired) electrons. The second-order valence-electron chi connectivity index (χ2n) is 3.63. The van der Waals surface area contributed by atoms with Crippen LogP contribution >= 0.6 is 11.3 Å². The third-order valence-electron chi connectivity index (χ3n) is 2.11. The van der Waals surface area contributed by atoms with Crippen LogP contribution in [0.2, 0.25) is 0 Å². The Labute approximate surface area is 109 Å². The van der Waals surface area contributed by atoms with Gasteiger partial charge < -0.3 is 10.1 Å². The van der Waals surface area contributed by atoms with E-state index in [-0.39, 0.29) is 0 Å². The maximum Gasteiger partial charge on any atom is 0.357 e. The number of ether oxygens (including phenoxy) is 1. The molecule has 0 aliphatic carbocycles. The van der Waals surface area contributed by atoms with Crippen LogP contribution in [-0.4, -0.2) is 22.5 Å². The summed E-state index contributed by atoms with van der Waals surface area (Å²) >= 11 is 1.35. The van der Waals surface area contributed by atoms with Crippen LogP contribution in [0.5, 0.6) is 0 Å². The smallest absolute Gasteiger partial charge is 0.357 e. The molecule has 0 saturated heterocycles. The van der Waals surface area contributed by atoms with Crippen molar-refractivity contribution in [3.63, 3.8) is 0 Å². The molecule has 0 saturated carbocycles. The predicted molar refractivity (Wildman–Crippen MR) is 70.3 cm³/mol. The van der Waals surface area contributed by atoms with Crippen molar-refractivity contribution in [1.29, 1.82) is 0 Å². The summed E-state index contributed by atoms with van der Waals surface area (Å²) in [6.07, 6.45) is 3.48. The van der Waals surface area contributed by atoms with Gasteiger partial charge in [-0.1, -0.05) is 0 Å². The van der Waals surface area contributed by atoms with Crippen molar-refractivity contribution in [3.05, 3.63) is 35.1 Å². The van der Waals surface area contributed by atoms with Gasteiger partial charge in [0.15, 0.2) is 10.8 Å². The molecule has 2 rings (SSSR count). The van der Waals surface area contributed by atoms with Gasteiger partial charge in [0.2, 0.25) is 0 Å². The zero-order valence-electron chi connectivity index (χ0n) is 10.1. The summed E-state index contributed by atoms with van der Waals surface area (Å²) in [6.45, 7) is 4.08. The highest BCUT2D eigenvalue weighted by molar-refractivity contribution is 7.14. The molecule has 2 aromatic rings. The van der Waals surface area contributed by atoms with Crippen molar-refractivity contribution < 1.29 is 9.53 Å². The number of thiazole rings is 1. The van der Waals surface area contributed by atoms with Crippen LogP contribution < -0.4 is 5.32 Å². The van der Waals surface area contributed by atoms with E-state index in [0.29, 0.717) is 17.4 Å². The Bertz CT molecular complexity index is 554. The van der Waals surface area contributed by atoms with Crippen LogP contribution in [0, 0.1) is 6.92 Å². The highest BCUT2D eigenvalue weighted by atomic mass is 32.1. The van der Waals surface area contributed by atoms with Crippen LogP contribution in [0.25, 0.3) is 0 Å². The zero-order valence-corrected chi connectivity index (χ0v) is 11.0. The molecule has 18 heavy (non-hydrogen) atoms. The Morgan fingerprint density at radius 1 is 1.50 bits per heavy atom. The fourth-order valence-corrected chi connectivity index (χ4v) is 2.08. The highest BCUT2D eigenvalue weighted by Crippen LogP contribution is 2.21. The van der Waals surface area contributed by atoms with E-state index >= 15 is 0 Å². The molecule has 0 aromatic carbocycles. The third kappa shape index (κ3) is 3.04. The number of aromatic nitrogens is 2. The topological polar surface area (TPSA) is 64.1 Å². The fourth-order valence-electron chi connectivity index (χ4n) is 1.38. The van der Waals surface area contributed by atoms with E-state index in [1.165, 1.54) is 11.3 Å². The van der Waals surface area contributed by atoms with Crippen LogP contribution in [0.4, 0.5) is 10.8 Å². The SMILES string of the molecule is CCOC(=O)c1csc(Nc2cncc(C)c2)n1. The van der Waals surface area contributed by atoms with Crippen LogP contribution in [-0.2, 0) is 4.74 Å². The molecule has 5 nitrogen and oxygen atoms in total. The molecule has 0 bridgehead atoms. The van der Waals surface area contributed by atoms with Gasteiger partial charge in [0.25, 0.3) is 0 Å². The van der Waals surface area contributed by atoms with Gasteiger partial charge >= 0.3 is 5.97 Å². The first-order valence-electron chi connectivity index (χ1n) is 5.50. The number of carbonyl (C=O) groups excluding carboxylic acids is 1. The molecule has 94 valence electrons. The van der Waals surface area contributed by atoms with Crippen molar-refractivity contribution in [3.8, 4) is 0 Å². The zero-order chi connectivity index (χ0) is 13.0. The number of esters is 1. The Balaban J connectivity index is 2.09.